The van der Waals surface area contributed by atoms with Gasteiger partial charge in [0, 0.05) is 19.5 Å². The summed E-state index contributed by atoms with van der Waals surface area (Å²) in [5, 5.41) is 0. The minimum absolute atomic E-state index is 0.0691. The zero-order valence-electron chi connectivity index (χ0n) is 16.2. The Bertz CT molecular complexity index is 589. The second kappa shape index (κ2) is 9.91. The maximum absolute atomic E-state index is 11.5. The fraction of sp³-hybridized carbons (Fsp3) is 0.609. The number of nitrogens with zero attached hydrogens (tertiary/aromatic N) is 1. The van der Waals surface area contributed by atoms with Crippen molar-refractivity contribution in [1.29, 1.82) is 0 Å². The Morgan fingerprint density at radius 2 is 1.92 bits per heavy atom. The van der Waals surface area contributed by atoms with E-state index in [2.05, 4.69) is 41.3 Å². The van der Waals surface area contributed by atoms with Crippen LogP contribution in [0.2, 0.25) is 0 Å². The SMILES string of the molecule is COC(=O)CC1CCN(CC/C=C(\c2ccccc2)C2CCCCC2)C1. The summed E-state index contributed by atoms with van der Waals surface area (Å²) in [6, 6.07) is 11.0. The molecule has 1 heterocycles. The first-order valence-electron chi connectivity index (χ1n) is 10.3. The van der Waals surface area contributed by atoms with Crippen LogP contribution >= 0.6 is 0 Å². The minimum atomic E-state index is -0.0691. The van der Waals surface area contributed by atoms with Crippen molar-refractivity contribution in [3.63, 3.8) is 0 Å². The third-order valence-corrected chi connectivity index (χ3v) is 6.01. The molecular formula is C23H33NO2. The summed E-state index contributed by atoms with van der Waals surface area (Å²) in [4.78, 5) is 14.0. The van der Waals surface area contributed by atoms with Crippen molar-refractivity contribution in [3.05, 3.63) is 42.0 Å². The first-order valence-corrected chi connectivity index (χ1v) is 10.3. The fourth-order valence-corrected chi connectivity index (χ4v) is 4.57. The number of methoxy groups -OCH3 is 1. The number of rotatable bonds is 7. The molecule has 3 nitrogen and oxygen atoms in total. The van der Waals surface area contributed by atoms with Gasteiger partial charge in [-0.05, 0) is 55.2 Å². The van der Waals surface area contributed by atoms with Crippen molar-refractivity contribution in [2.45, 2.75) is 51.4 Å². The zero-order chi connectivity index (χ0) is 18.2. The van der Waals surface area contributed by atoms with Crippen LogP contribution in [-0.4, -0.2) is 37.6 Å². The average Bonchev–Trinajstić information content (AvgIpc) is 3.13. The van der Waals surface area contributed by atoms with E-state index in [4.69, 9.17) is 4.74 Å². The number of esters is 1. The van der Waals surface area contributed by atoms with Gasteiger partial charge in [0.25, 0.3) is 0 Å². The standard InChI is InChI=1S/C23H33NO2/c1-26-23(25)17-19-14-16-24(18-19)15-8-13-22(20-9-4-2-5-10-20)21-11-6-3-7-12-21/h2,4-5,9-10,13,19,21H,3,6-8,11-12,14-18H2,1H3/b22-13+. The first-order chi connectivity index (χ1) is 12.8. The lowest BCUT2D eigenvalue weighted by molar-refractivity contribution is -0.141. The highest BCUT2D eigenvalue weighted by Crippen LogP contribution is 2.35. The van der Waals surface area contributed by atoms with Gasteiger partial charge < -0.3 is 9.64 Å². The van der Waals surface area contributed by atoms with Crippen LogP contribution < -0.4 is 0 Å². The molecule has 0 amide bonds. The molecule has 1 saturated carbocycles. The topological polar surface area (TPSA) is 29.5 Å². The number of carbonyl (C=O) groups is 1. The summed E-state index contributed by atoms with van der Waals surface area (Å²) in [6.07, 6.45) is 12.1. The number of hydrogen-bond acceptors (Lipinski definition) is 3. The predicted octanol–water partition coefficient (Wildman–Crippen LogP) is 4.93. The van der Waals surface area contributed by atoms with Gasteiger partial charge in [-0.25, -0.2) is 0 Å². The number of ether oxygens (including phenoxy) is 1. The highest BCUT2D eigenvalue weighted by atomic mass is 16.5. The van der Waals surface area contributed by atoms with Crippen molar-refractivity contribution in [2.75, 3.05) is 26.7 Å². The minimum Gasteiger partial charge on any atom is -0.469 e. The van der Waals surface area contributed by atoms with E-state index >= 15 is 0 Å². The second-order valence-electron chi connectivity index (χ2n) is 7.88. The monoisotopic (exact) mass is 355 g/mol. The van der Waals surface area contributed by atoms with Crippen LogP contribution in [0.4, 0.5) is 0 Å². The Kier molecular flexibility index (Phi) is 7.31. The third kappa shape index (κ3) is 5.44. The van der Waals surface area contributed by atoms with Crippen LogP contribution in [0.3, 0.4) is 0 Å². The van der Waals surface area contributed by atoms with Crippen LogP contribution in [0.5, 0.6) is 0 Å². The van der Waals surface area contributed by atoms with Crippen molar-refractivity contribution in [1.82, 2.24) is 4.90 Å². The van der Waals surface area contributed by atoms with Gasteiger partial charge in [-0.3, -0.25) is 4.79 Å². The molecule has 1 aliphatic carbocycles. The number of carbonyl (C=O) groups excluding carboxylic acids is 1. The van der Waals surface area contributed by atoms with Crippen LogP contribution in [0.1, 0.15) is 56.9 Å². The average molecular weight is 356 g/mol. The van der Waals surface area contributed by atoms with E-state index in [0.29, 0.717) is 12.3 Å². The highest BCUT2D eigenvalue weighted by molar-refractivity contribution is 5.69. The summed E-state index contributed by atoms with van der Waals surface area (Å²) in [6.45, 7) is 3.24. The summed E-state index contributed by atoms with van der Waals surface area (Å²) >= 11 is 0. The van der Waals surface area contributed by atoms with Gasteiger partial charge >= 0.3 is 5.97 Å². The van der Waals surface area contributed by atoms with Gasteiger partial charge in [0.1, 0.15) is 0 Å². The Morgan fingerprint density at radius 3 is 2.65 bits per heavy atom. The molecule has 1 saturated heterocycles. The van der Waals surface area contributed by atoms with Crippen LogP contribution in [-0.2, 0) is 9.53 Å². The fourth-order valence-electron chi connectivity index (χ4n) is 4.57. The predicted molar refractivity (Wildman–Crippen MR) is 107 cm³/mol. The maximum atomic E-state index is 11.5. The summed E-state index contributed by atoms with van der Waals surface area (Å²) in [5.41, 5.74) is 2.97. The normalized spacial score (nSPS) is 22.5. The molecule has 1 aliphatic heterocycles. The van der Waals surface area contributed by atoms with E-state index in [0.717, 1.165) is 38.4 Å². The van der Waals surface area contributed by atoms with Crippen LogP contribution in [0.15, 0.2) is 36.4 Å². The number of hydrogen-bond donors (Lipinski definition) is 0. The Hall–Kier alpha value is -1.61. The maximum Gasteiger partial charge on any atom is 0.305 e. The van der Waals surface area contributed by atoms with Gasteiger partial charge in [-0.15, -0.1) is 0 Å². The van der Waals surface area contributed by atoms with Crippen molar-refractivity contribution in [3.8, 4) is 0 Å². The molecule has 0 aromatic heterocycles. The van der Waals surface area contributed by atoms with Gasteiger partial charge in [0.15, 0.2) is 0 Å². The van der Waals surface area contributed by atoms with Crippen molar-refractivity contribution < 1.29 is 9.53 Å². The summed E-state index contributed by atoms with van der Waals surface area (Å²) in [7, 11) is 1.48. The lowest BCUT2D eigenvalue weighted by atomic mass is 9.80. The van der Waals surface area contributed by atoms with Gasteiger partial charge in [-0.1, -0.05) is 55.7 Å². The summed E-state index contributed by atoms with van der Waals surface area (Å²) < 4.78 is 4.81. The molecular weight excluding hydrogens is 322 g/mol. The Morgan fingerprint density at radius 1 is 1.15 bits per heavy atom. The first kappa shape index (κ1) is 19.2. The van der Waals surface area contributed by atoms with E-state index in [9.17, 15) is 4.79 Å². The quantitative estimate of drug-likeness (QED) is 0.650. The third-order valence-electron chi connectivity index (χ3n) is 6.01. The van der Waals surface area contributed by atoms with Gasteiger partial charge in [0.2, 0.25) is 0 Å². The summed E-state index contributed by atoms with van der Waals surface area (Å²) in [5.74, 6) is 1.13. The molecule has 3 rings (SSSR count). The molecule has 0 N–H and O–H groups in total. The van der Waals surface area contributed by atoms with Crippen LogP contribution in [0.25, 0.3) is 5.57 Å². The second-order valence-corrected chi connectivity index (χ2v) is 7.88. The molecule has 26 heavy (non-hydrogen) atoms. The number of allylic oxidation sites excluding steroid dienone is 1. The highest BCUT2D eigenvalue weighted by Gasteiger charge is 2.24. The smallest absolute Gasteiger partial charge is 0.305 e. The lowest BCUT2D eigenvalue weighted by Gasteiger charge is -2.25. The van der Waals surface area contributed by atoms with Gasteiger partial charge in [-0.2, -0.15) is 0 Å². The lowest BCUT2D eigenvalue weighted by Crippen LogP contribution is -2.22. The van der Waals surface area contributed by atoms with Crippen molar-refractivity contribution >= 4 is 11.5 Å². The molecule has 0 bridgehead atoms. The molecule has 0 radical (unpaired) electrons. The molecule has 3 heteroatoms. The molecule has 1 atom stereocenters. The number of likely N-dealkylation sites (tertiary alicyclic amines) is 1. The Labute approximate surface area is 158 Å². The molecule has 1 aromatic rings. The van der Waals surface area contributed by atoms with E-state index in [1.165, 1.54) is 44.8 Å². The Balaban J connectivity index is 1.56. The molecule has 2 fully saturated rings. The molecule has 1 aromatic carbocycles. The van der Waals surface area contributed by atoms with E-state index in [-0.39, 0.29) is 5.97 Å². The molecule has 142 valence electrons. The number of benzene rings is 1. The van der Waals surface area contributed by atoms with E-state index < -0.39 is 0 Å². The van der Waals surface area contributed by atoms with Gasteiger partial charge in [0.05, 0.1) is 7.11 Å². The van der Waals surface area contributed by atoms with Crippen molar-refractivity contribution in [2.24, 2.45) is 11.8 Å². The van der Waals surface area contributed by atoms with Crippen LogP contribution in [0, 0.1) is 11.8 Å². The molecule has 1 unspecified atom stereocenters. The zero-order valence-corrected chi connectivity index (χ0v) is 16.2. The largest absolute Gasteiger partial charge is 0.469 e. The van der Waals surface area contributed by atoms with E-state index in [1.54, 1.807) is 5.57 Å². The molecule has 2 aliphatic rings. The van der Waals surface area contributed by atoms with E-state index in [1.807, 2.05) is 0 Å². The molecule has 0 spiro atoms.